The molecule has 0 saturated carbocycles. The molecule has 1 aliphatic rings. The molecule has 0 bridgehead atoms. The highest BCUT2D eigenvalue weighted by Crippen LogP contribution is 2.33. The minimum absolute atomic E-state index is 0.176. The second-order valence-electron chi connectivity index (χ2n) is 2.01. The summed E-state index contributed by atoms with van der Waals surface area (Å²) in [6.45, 7) is 0.176. The summed E-state index contributed by atoms with van der Waals surface area (Å²) in [5.74, 6) is 1.05. The molecule has 0 atom stereocenters. The number of pyridine rings is 1. The van der Waals surface area contributed by atoms with Crippen molar-refractivity contribution in [2.24, 2.45) is 0 Å². The topological polar surface area (TPSA) is 55.1 Å². The van der Waals surface area contributed by atoms with E-state index in [1.165, 1.54) is 6.20 Å². The molecule has 2 heterocycles. The molecule has 4 nitrogen and oxygen atoms in total. The van der Waals surface area contributed by atoms with Gasteiger partial charge in [-0.05, 0) is 0 Å². The fourth-order valence-corrected chi connectivity index (χ4v) is 0.915. The van der Waals surface area contributed by atoms with Crippen molar-refractivity contribution in [2.75, 3.05) is 6.79 Å². The summed E-state index contributed by atoms with van der Waals surface area (Å²) in [6.07, 6.45) is 1.52. The van der Waals surface area contributed by atoms with Crippen molar-refractivity contribution in [1.29, 1.82) is 5.26 Å². The summed E-state index contributed by atoms with van der Waals surface area (Å²) in [7, 11) is 0. The van der Waals surface area contributed by atoms with Gasteiger partial charge in [-0.15, -0.1) is 0 Å². The van der Waals surface area contributed by atoms with Crippen LogP contribution in [0.2, 0.25) is 0 Å². The van der Waals surface area contributed by atoms with Crippen molar-refractivity contribution < 1.29 is 9.47 Å². The quantitative estimate of drug-likeness (QED) is 0.543. The minimum Gasteiger partial charge on any atom is -0.453 e. The van der Waals surface area contributed by atoms with Crippen LogP contribution in [0.25, 0.3) is 0 Å². The number of nitriles is 1. The standard InChI is InChI=1S/C7H4N2O2/c8-3-5-7-6(1-2-9-5)10-4-11-7/h1-2H,4H2. The zero-order valence-corrected chi connectivity index (χ0v) is 5.57. The maximum Gasteiger partial charge on any atom is 0.231 e. The van der Waals surface area contributed by atoms with Crippen LogP contribution in [0.1, 0.15) is 5.69 Å². The van der Waals surface area contributed by atoms with Crippen LogP contribution in [0, 0.1) is 11.3 Å². The van der Waals surface area contributed by atoms with Gasteiger partial charge in [-0.1, -0.05) is 0 Å². The van der Waals surface area contributed by atoms with Gasteiger partial charge in [-0.2, -0.15) is 5.26 Å². The van der Waals surface area contributed by atoms with E-state index in [1.54, 1.807) is 6.07 Å². The monoisotopic (exact) mass is 148 g/mol. The molecule has 0 aliphatic carbocycles. The lowest BCUT2D eigenvalue weighted by Gasteiger charge is -1.93. The van der Waals surface area contributed by atoms with Gasteiger partial charge in [0.2, 0.25) is 12.5 Å². The summed E-state index contributed by atoms with van der Waals surface area (Å²) in [5.41, 5.74) is 0.278. The van der Waals surface area contributed by atoms with Crippen LogP contribution in [-0.4, -0.2) is 11.8 Å². The fourth-order valence-electron chi connectivity index (χ4n) is 0.915. The Balaban J connectivity index is 2.61. The molecule has 0 fully saturated rings. The molecule has 1 aliphatic heterocycles. The van der Waals surface area contributed by atoms with E-state index >= 15 is 0 Å². The number of fused-ring (bicyclic) bond motifs is 1. The summed E-state index contributed by atoms with van der Waals surface area (Å²) < 4.78 is 10.0. The average molecular weight is 148 g/mol. The van der Waals surface area contributed by atoms with Crippen LogP contribution in [0.3, 0.4) is 0 Å². The number of rotatable bonds is 0. The van der Waals surface area contributed by atoms with Crippen molar-refractivity contribution in [3.8, 4) is 17.6 Å². The van der Waals surface area contributed by atoms with E-state index < -0.39 is 0 Å². The summed E-state index contributed by atoms with van der Waals surface area (Å²) >= 11 is 0. The Hall–Kier alpha value is -1.76. The van der Waals surface area contributed by atoms with Crippen molar-refractivity contribution in [3.05, 3.63) is 18.0 Å². The Kier molecular flexibility index (Phi) is 1.16. The highest BCUT2D eigenvalue weighted by atomic mass is 16.7. The van der Waals surface area contributed by atoms with E-state index in [4.69, 9.17) is 14.7 Å². The molecule has 0 amide bonds. The number of hydrogen-bond donors (Lipinski definition) is 0. The summed E-state index contributed by atoms with van der Waals surface area (Å²) in [5, 5.41) is 8.55. The minimum atomic E-state index is 0.176. The molecular weight excluding hydrogens is 144 g/mol. The van der Waals surface area contributed by atoms with Crippen molar-refractivity contribution >= 4 is 0 Å². The van der Waals surface area contributed by atoms with E-state index in [9.17, 15) is 0 Å². The zero-order chi connectivity index (χ0) is 7.68. The lowest BCUT2D eigenvalue weighted by Crippen LogP contribution is -1.93. The van der Waals surface area contributed by atoms with E-state index in [0.717, 1.165) is 0 Å². The van der Waals surface area contributed by atoms with Gasteiger partial charge in [0.25, 0.3) is 0 Å². The van der Waals surface area contributed by atoms with Crippen LogP contribution < -0.4 is 9.47 Å². The molecule has 0 N–H and O–H groups in total. The Morgan fingerprint density at radius 1 is 1.55 bits per heavy atom. The summed E-state index contributed by atoms with van der Waals surface area (Å²) in [6, 6.07) is 3.58. The van der Waals surface area contributed by atoms with Gasteiger partial charge >= 0.3 is 0 Å². The van der Waals surface area contributed by atoms with Crippen LogP contribution in [0.5, 0.6) is 11.5 Å². The number of aromatic nitrogens is 1. The molecule has 0 saturated heterocycles. The second kappa shape index (κ2) is 2.13. The zero-order valence-electron chi connectivity index (χ0n) is 5.57. The van der Waals surface area contributed by atoms with Gasteiger partial charge in [-0.3, -0.25) is 0 Å². The van der Waals surface area contributed by atoms with E-state index in [0.29, 0.717) is 11.5 Å². The molecule has 0 unspecified atom stereocenters. The first-order valence-electron chi connectivity index (χ1n) is 3.06. The molecule has 54 valence electrons. The first kappa shape index (κ1) is 5.98. The fraction of sp³-hybridized carbons (Fsp3) is 0.143. The van der Waals surface area contributed by atoms with Gasteiger partial charge in [0, 0.05) is 12.3 Å². The molecular formula is C7H4N2O2. The highest BCUT2D eigenvalue weighted by Gasteiger charge is 2.17. The van der Waals surface area contributed by atoms with Crippen LogP contribution in [-0.2, 0) is 0 Å². The molecule has 1 aromatic rings. The molecule has 11 heavy (non-hydrogen) atoms. The Morgan fingerprint density at radius 2 is 2.45 bits per heavy atom. The summed E-state index contributed by atoms with van der Waals surface area (Å²) in [4.78, 5) is 3.80. The van der Waals surface area contributed by atoms with Gasteiger partial charge in [-0.25, -0.2) is 4.98 Å². The lowest BCUT2D eigenvalue weighted by atomic mass is 10.3. The van der Waals surface area contributed by atoms with Crippen LogP contribution in [0.15, 0.2) is 12.3 Å². The molecule has 0 radical (unpaired) electrons. The third kappa shape index (κ3) is 0.783. The Labute approximate surface area is 63.0 Å². The number of nitrogens with zero attached hydrogens (tertiary/aromatic N) is 2. The Morgan fingerprint density at radius 3 is 3.27 bits per heavy atom. The largest absolute Gasteiger partial charge is 0.453 e. The van der Waals surface area contributed by atoms with Crippen molar-refractivity contribution in [2.45, 2.75) is 0 Å². The maximum atomic E-state index is 8.55. The van der Waals surface area contributed by atoms with Gasteiger partial charge < -0.3 is 9.47 Å². The first-order chi connectivity index (χ1) is 5.42. The van der Waals surface area contributed by atoms with E-state index in [2.05, 4.69) is 4.98 Å². The predicted molar refractivity (Wildman–Crippen MR) is 35.1 cm³/mol. The van der Waals surface area contributed by atoms with E-state index in [-0.39, 0.29) is 12.5 Å². The molecule has 1 aromatic heterocycles. The predicted octanol–water partition coefficient (Wildman–Crippen LogP) is 0.682. The average Bonchev–Trinajstić information content (AvgIpc) is 2.50. The van der Waals surface area contributed by atoms with Crippen molar-refractivity contribution in [1.82, 2.24) is 4.98 Å². The normalized spacial score (nSPS) is 12.6. The lowest BCUT2D eigenvalue weighted by molar-refractivity contribution is 0.173. The highest BCUT2D eigenvalue weighted by molar-refractivity contribution is 5.49. The SMILES string of the molecule is N#Cc1nccc2c1OCO2. The van der Waals surface area contributed by atoms with Gasteiger partial charge in [0.05, 0.1) is 0 Å². The molecule has 0 spiro atoms. The van der Waals surface area contributed by atoms with Gasteiger partial charge in [0.1, 0.15) is 6.07 Å². The molecule has 2 rings (SSSR count). The van der Waals surface area contributed by atoms with Crippen molar-refractivity contribution in [3.63, 3.8) is 0 Å². The number of ether oxygens (including phenoxy) is 2. The van der Waals surface area contributed by atoms with E-state index in [1.807, 2.05) is 6.07 Å². The Bertz CT molecular complexity index is 330. The molecule has 0 aromatic carbocycles. The third-order valence-corrected chi connectivity index (χ3v) is 1.39. The third-order valence-electron chi connectivity index (χ3n) is 1.39. The van der Waals surface area contributed by atoms with Crippen LogP contribution in [0.4, 0.5) is 0 Å². The smallest absolute Gasteiger partial charge is 0.231 e. The van der Waals surface area contributed by atoms with Crippen LogP contribution >= 0.6 is 0 Å². The maximum absolute atomic E-state index is 8.55. The molecule has 4 heteroatoms. The first-order valence-corrected chi connectivity index (χ1v) is 3.06. The van der Waals surface area contributed by atoms with Gasteiger partial charge in [0.15, 0.2) is 11.4 Å². The number of hydrogen-bond acceptors (Lipinski definition) is 4. The second-order valence-corrected chi connectivity index (χ2v) is 2.01.